The highest BCUT2D eigenvalue weighted by Gasteiger charge is 2.12. The Morgan fingerprint density at radius 2 is 1.91 bits per heavy atom. The van der Waals surface area contributed by atoms with Crippen LogP contribution in [0.25, 0.3) is 11.4 Å². The van der Waals surface area contributed by atoms with Crippen molar-refractivity contribution in [3.05, 3.63) is 62.9 Å². The van der Waals surface area contributed by atoms with Crippen molar-refractivity contribution in [3.8, 4) is 17.1 Å². The highest BCUT2D eigenvalue weighted by Crippen LogP contribution is 2.29. The number of benzene rings is 2. The molecule has 0 saturated carbocycles. The van der Waals surface area contributed by atoms with Gasteiger partial charge in [-0.3, -0.25) is 0 Å². The summed E-state index contributed by atoms with van der Waals surface area (Å²) in [4.78, 5) is 4.26. The van der Waals surface area contributed by atoms with Crippen LogP contribution in [0, 0.1) is 0 Å². The minimum Gasteiger partial charge on any atom is -0.482 e. The van der Waals surface area contributed by atoms with Crippen LogP contribution in [0.5, 0.6) is 5.75 Å². The van der Waals surface area contributed by atoms with E-state index in [2.05, 4.69) is 26.1 Å². The summed E-state index contributed by atoms with van der Waals surface area (Å²) in [6.07, 6.45) is 0. The minimum absolute atomic E-state index is 0.124. The van der Waals surface area contributed by atoms with Gasteiger partial charge in [0.2, 0.25) is 5.82 Å². The Bertz CT molecular complexity index is 808. The van der Waals surface area contributed by atoms with E-state index in [9.17, 15) is 0 Å². The molecule has 0 saturated heterocycles. The van der Waals surface area contributed by atoms with Gasteiger partial charge in [-0.2, -0.15) is 4.98 Å². The van der Waals surface area contributed by atoms with Crippen molar-refractivity contribution in [2.45, 2.75) is 6.61 Å². The number of aromatic nitrogens is 2. The Kier molecular flexibility index (Phi) is 4.66. The third-order valence-corrected chi connectivity index (χ3v) is 3.95. The second-order valence-corrected chi connectivity index (χ2v) is 6.09. The molecule has 1 aromatic heterocycles. The Morgan fingerprint density at radius 3 is 2.68 bits per heavy atom. The molecule has 0 unspecified atom stereocenters. The summed E-state index contributed by atoms with van der Waals surface area (Å²) in [5.41, 5.74) is 0.709. The Labute approximate surface area is 145 Å². The SMILES string of the molecule is Clc1cc(Br)ccc1OCc1nc(-c2ccccc2Cl)no1. The summed E-state index contributed by atoms with van der Waals surface area (Å²) in [5.74, 6) is 1.31. The standard InChI is InChI=1S/C15H9BrCl2N2O2/c16-9-5-6-13(12(18)7-9)21-8-14-19-15(20-22-14)10-3-1-2-4-11(10)17/h1-7H,8H2. The summed E-state index contributed by atoms with van der Waals surface area (Å²) in [7, 11) is 0. The lowest BCUT2D eigenvalue weighted by Crippen LogP contribution is -1.96. The highest BCUT2D eigenvalue weighted by atomic mass is 79.9. The number of hydrogen-bond acceptors (Lipinski definition) is 4. The van der Waals surface area contributed by atoms with Crippen molar-refractivity contribution in [2.75, 3.05) is 0 Å². The highest BCUT2D eigenvalue weighted by molar-refractivity contribution is 9.10. The van der Waals surface area contributed by atoms with Crippen LogP contribution < -0.4 is 4.74 Å². The molecule has 3 aromatic rings. The maximum atomic E-state index is 6.10. The average molecular weight is 400 g/mol. The normalized spacial score (nSPS) is 10.7. The van der Waals surface area contributed by atoms with Crippen LogP contribution >= 0.6 is 39.1 Å². The third kappa shape index (κ3) is 3.43. The van der Waals surface area contributed by atoms with Crippen molar-refractivity contribution in [3.63, 3.8) is 0 Å². The van der Waals surface area contributed by atoms with Crippen LogP contribution in [0.3, 0.4) is 0 Å². The lowest BCUT2D eigenvalue weighted by molar-refractivity contribution is 0.243. The molecule has 2 aromatic carbocycles. The van der Waals surface area contributed by atoms with E-state index in [0.29, 0.717) is 33.1 Å². The Balaban J connectivity index is 1.74. The second-order valence-electron chi connectivity index (χ2n) is 4.35. The second kappa shape index (κ2) is 6.69. The van der Waals surface area contributed by atoms with Crippen molar-refractivity contribution in [2.24, 2.45) is 0 Å². The van der Waals surface area contributed by atoms with Crippen molar-refractivity contribution in [1.29, 1.82) is 0 Å². The van der Waals surface area contributed by atoms with Gasteiger partial charge in [0, 0.05) is 10.0 Å². The fraction of sp³-hybridized carbons (Fsp3) is 0.0667. The lowest BCUT2D eigenvalue weighted by atomic mass is 10.2. The van der Waals surface area contributed by atoms with Gasteiger partial charge in [0.05, 0.1) is 10.0 Å². The number of halogens is 3. The van der Waals surface area contributed by atoms with E-state index in [4.69, 9.17) is 32.5 Å². The van der Waals surface area contributed by atoms with Crippen molar-refractivity contribution < 1.29 is 9.26 Å². The molecular formula is C15H9BrCl2N2O2. The van der Waals surface area contributed by atoms with Crippen LogP contribution in [0.4, 0.5) is 0 Å². The molecule has 3 rings (SSSR count). The Morgan fingerprint density at radius 1 is 1.09 bits per heavy atom. The zero-order chi connectivity index (χ0) is 15.5. The summed E-state index contributed by atoms with van der Waals surface area (Å²) in [6.45, 7) is 0.124. The first-order valence-electron chi connectivity index (χ1n) is 6.29. The van der Waals surface area contributed by atoms with Crippen LogP contribution in [-0.4, -0.2) is 10.1 Å². The molecule has 0 aliphatic carbocycles. The molecule has 0 N–H and O–H groups in total. The molecule has 0 atom stereocenters. The molecule has 0 fully saturated rings. The van der Waals surface area contributed by atoms with Crippen LogP contribution in [0.15, 0.2) is 51.5 Å². The Hall–Kier alpha value is -1.56. The quantitative estimate of drug-likeness (QED) is 0.590. The van der Waals surface area contributed by atoms with Crippen LogP contribution in [0.1, 0.15) is 5.89 Å². The molecule has 1 heterocycles. The summed E-state index contributed by atoms with van der Waals surface area (Å²) >= 11 is 15.5. The van der Waals surface area contributed by atoms with Gasteiger partial charge in [0.25, 0.3) is 5.89 Å². The van der Waals surface area contributed by atoms with Gasteiger partial charge >= 0.3 is 0 Å². The summed E-state index contributed by atoms with van der Waals surface area (Å²) < 4.78 is 11.6. The van der Waals surface area contributed by atoms with E-state index in [1.807, 2.05) is 24.3 Å². The number of hydrogen-bond donors (Lipinski definition) is 0. The predicted octanol–water partition coefficient (Wildman–Crippen LogP) is 5.38. The first-order chi connectivity index (χ1) is 10.6. The molecule has 0 aliphatic heterocycles. The van der Waals surface area contributed by atoms with E-state index in [-0.39, 0.29) is 6.61 Å². The van der Waals surface area contributed by atoms with Gasteiger partial charge in [-0.1, -0.05) is 56.4 Å². The van der Waals surface area contributed by atoms with Gasteiger partial charge in [0.15, 0.2) is 6.61 Å². The molecule has 4 nitrogen and oxygen atoms in total. The van der Waals surface area contributed by atoms with Gasteiger partial charge in [-0.15, -0.1) is 0 Å². The summed E-state index contributed by atoms with van der Waals surface area (Å²) in [6, 6.07) is 12.6. The largest absolute Gasteiger partial charge is 0.482 e. The maximum absolute atomic E-state index is 6.10. The lowest BCUT2D eigenvalue weighted by Gasteiger charge is -2.05. The maximum Gasteiger partial charge on any atom is 0.264 e. The first kappa shape index (κ1) is 15.3. The molecule has 7 heteroatoms. The molecule has 22 heavy (non-hydrogen) atoms. The average Bonchev–Trinajstić information content (AvgIpc) is 2.95. The molecule has 0 bridgehead atoms. The third-order valence-electron chi connectivity index (χ3n) is 2.83. The van der Waals surface area contributed by atoms with Crippen LogP contribution in [-0.2, 0) is 6.61 Å². The molecule has 0 amide bonds. The van der Waals surface area contributed by atoms with Crippen LogP contribution in [0.2, 0.25) is 10.0 Å². The molecule has 0 spiro atoms. The summed E-state index contributed by atoms with van der Waals surface area (Å²) in [5, 5.41) is 4.97. The van der Waals surface area contributed by atoms with E-state index in [1.54, 1.807) is 18.2 Å². The number of nitrogens with zero attached hydrogens (tertiary/aromatic N) is 2. The monoisotopic (exact) mass is 398 g/mol. The first-order valence-corrected chi connectivity index (χ1v) is 7.84. The van der Waals surface area contributed by atoms with E-state index in [0.717, 1.165) is 4.47 Å². The molecule has 112 valence electrons. The zero-order valence-electron chi connectivity index (χ0n) is 11.1. The van der Waals surface area contributed by atoms with Crippen molar-refractivity contribution in [1.82, 2.24) is 10.1 Å². The van der Waals surface area contributed by atoms with Gasteiger partial charge in [-0.25, -0.2) is 0 Å². The fourth-order valence-electron chi connectivity index (χ4n) is 1.80. The zero-order valence-corrected chi connectivity index (χ0v) is 14.2. The molecule has 0 radical (unpaired) electrons. The minimum atomic E-state index is 0.124. The fourth-order valence-corrected chi connectivity index (χ4v) is 2.75. The van der Waals surface area contributed by atoms with E-state index < -0.39 is 0 Å². The predicted molar refractivity (Wildman–Crippen MR) is 88.2 cm³/mol. The van der Waals surface area contributed by atoms with E-state index >= 15 is 0 Å². The topological polar surface area (TPSA) is 48.2 Å². The van der Waals surface area contributed by atoms with Gasteiger partial charge in [-0.05, 0) is 30.3 Å². The number of rotatable bonds is 4. The molecular weight excluding hydrogens is 391 g/mol. The smallest absolute Gasteiger partial charge is 0.264 e. The van der Waals surface area contributed by atoms with Gasteiger partial charge in [0.1, 0.15) is 5.75 Å². The van der Waals surface area contributed by atoms with Crippen molar-refractivity contribution >= 4 is 39.1 Å². The van der Waals surface area contributed by atoms with Gasteiger partial charge < -0.3 is 9.26 Å². The van der Waals surface area contributed by atoms with E-state index in [1.165, 1.54) is 0 Å². The molecule has 0 aliphatic rings. The number of ether oxygens (including phenoxy) is 1.